The van der Waals surface area contributed by atoms with Crippen molar-refractivity contribution in [1.82, 2.24) is 10.4 Å². The van der Waals surface area contributed by atoms with Gasteiger partial charge in [0, 0.05) is 22.3 Å². The first-order valence-corrected chi connectivity index (χ1v) is 7.55. The molecule has 2 aromatic carbocycles. The maximum Gasteiger partial charge on any atom is 0.0727 e. The molecule has 0 spiro atoms. The molecule has 106 valence electrons. The van der Waals surface area contributed by atoms with Crippen molar-refractivity contribution < 1.29 is 0 Å². The van der Waals surface area contributed by atoms with Crippen LogP contribution < -0.4 is 11.3 Å². The summed E-state index contributed by atoms with van der Waals surface area (Å²) < 4.78 is 1.04. The van der Waals surface area contributed by atoms with Crippen molar-refractivity contribution in [3.8, 4) is 0 Å². The van der Waals surface area contributed by atoms with E-state index in [-0.39, 0.29) is 6.04 Å². The summed E-state index contributed by atoms with van der Waals surface area (Å²) in [7, 11) is 0. The van der Waals surface area contributed by atoms with Crippen LogP contribution in [0.3, 0.4) is 0 Å². The van der Waals surface area contributed by atoms with Gasteiger partial charge in [-0.3, -0.25) is 10.8 Å². The third kappa shape index (κ3) is 2.70. The Morgan fingerprint density at radius 3 is 2.81 bits per heavy atom. The molecule has 0 bridgehead atoms. The summed E-state index contributed by atoms with van der Waals surface area (Å²) in [5.41, 5.74) is 6.42. The van der Waals surface area contributed by atoms with Crippen LogP contribution >= 0.6 is 15.9 Å². The molecule has 3 N–H and O–H groups in total. The Kier molecular flexibility index (Phi) is 4.01. The zero-order chi connectivity index (χ0) is 14.8. The van der Waals surface area contributed by atoms with Crippen molar-refractivity contribution in [3.63, 3.8) is 0 Å². The van der Waals surface area contributed by atoms with Crippen molar-refractivity contribution in [1.29, 1.82) is 0 Å². The molecule has 1 unspecified atom stereocenters. The lowest BCUT2D eigenvalue weighted by molar-refractivity contribution is 0.638. The van der Waals surface area contributed by atoms with E-state index in [1.54, 1.807) is 0 Å². The Morgan fingerprint density at radius 1 is 1.14 bits per heavy atom. The monoisotopic (exact) mass is 341 g/mol. The maximum absolute atomic E-state index is 5.86. The molecule has 1 aromatic heterocycles. The van der Waals surface area contributed by atoms with Gasteiger partial charge >= 0.3 is 0 Å². The van der Waals surface area contributed by atoms with Gasteiger partial charge in [0.25, 0.3) is 0 Å². The Balaban J connectivity index is 2.21. The fourth-order valence-corrected chi connectivity index (χ4v) is 3.11. The Morgan fingerprint density at radius 2 is 2.00 bits per heavy atom. The molecular weight excluding hydrogens is 326 g/mol. The van der Waals surface area contributed by atoms with Crippen molar-refractivity contribution in [2.24, 2.45) is 5.84 Å². The average molecular weight is 342 g/mol. The molecule has 3 rings (SSSR count). The minimum absolute atomic E-state index is 0.0784. The molecule has 3 aromatic rings. The van der Waals surface area contributed by atoms with Crippen LogP contribution in [0.25, 0.3) is 10.8 Å². The van der Waals surface area contributed by atoms with Gasteiger partial charge in [-0.05, 0) is 35.6 Å². The second-order valence-electron chi connectivity index (χ2n) is 5.07. The van der Waals surface area contributed by atoms with Crippen LogP contribution in [-0.2, 0) is 0 Å². The number of hydrazine groups is 1. The van der Waals surface area contributed by atoms with Gasteiger partial charge in [0.05, 0.1) is 6.04 Å². The largest absolute Gasteiger partial charge is 0.271 e. The van der Waals surface area contributed by atoms with E-state index < -0.39 is 0 Å². The van der Waals surface area contributed by atoms with Crippen LogP contribution in [0.5, 0.6) is 0 Å². The normalized spacial score (nSPS) is 12.5. The number of fused-ring (bicyclic) bond motifs is 1. The van der Waals surface area contributed by atoms with Gasteiger partial charge in [0.2, 0.25) is 0 Å². The molecular formula is C17H16BrN3. The molecule has 21 heavy (non-hydrogen) atoms. The first-order valence-electron chi connectivity index (χ1n) is 6.75. The summed E-state index contributed by atoms with van der Waals surface area (Å²) >= 11 is 3.63. The van der Waals surface area contributed by atoms with Crippen molar-refractivity contribution in [3.05, 3.63) is 76.0 Å². The number of pyridine rings is 1. The Hall–Kier alpha value is -1.75. The first kappa shape index (κ1) is 14.2. The zero-order valence-electron chi connectivity index (χ0n) is 11.7. The summed E-state index contributed by atoms with van der Waals surface area (Å²) in [5.74, 6) is 5.86. The van der Waals surface area contributed by atoms with Gasteiger partial charge in [-0.1, -0.05) is 51.8 Å². The third-order valence-corrected chi connectivity index (χ3v) is 4.38. The SMILES string of the molecule is Cc1ccc(Br)c(C(NN)c2cccc3cnccc23)c1. The van der Waals surface area contributed by atoms with Crippen LogP contribution in [0, 0.1) is 6.92 Å². The predicted octanol–water partition coefficient (Wildman–Crippen LogP) is 3.86. The smallest absolute Gasteiger partial charge is 0.0727 e. The highest BCUT2D eigenvalue weighted by atomic mass is 79.9. The van der Waals surface area contributed by atoms with Crippen molar-refractivity contribution in [2.45, 2.75) is 13.0 Å². The van der Waals surface area contributed by atoms with Crippen LogP contribution in [0.2, 0.25) is 0 Å². The summed E-state index contributed by atoms with van der Waals surface area (Å²) in [5, 5.41) is 2.27. The topological polar surface area (TPSA) is 50.9 Å². The summed E-state index contributed by atoms with van der Waals surface area (Å²) in [6.45, 7) is 2.08. The lowest BCUT2D eigenvalue weighted by Gasteiger charge is -2.20. The fraction of sp³-hybridized carbons (Fsp3) is 0.118. The highest BCUT2D eigenvalue weighted by Gasteiger charge is 2.17. The van der Waals surface area contributed by atoms with Crippen molar-refractivity contribution >= 4 is 26.7 Å². The molecule has 0 aliphatic carbocycles. The number of aromatic nitrogens is 1. The van der Waals surface area contributed by atoms with E-state index in [1.165, 1.54) is 5.56 Å². The van der Waals surface area contributed by atoms with Crippen LogP contribution in [0.4, 0.5) is 0 Å². The first-order chi connectivity index (χ1) is 10.2. The molecule has 0 aliphatic heterocycles. The van der Waals surface area contributed by atoms with Crippen LogP contribution in [0.1, 0.15) is 22.7 Å². The number of nitrogens with two attached hydrogens (primary N) is 1. The molecule has 3 nitrogen and oxygen atoms in total. The quantitative estimate of drug-likeness (QED) is 0.561. The highest BCUT2D eigenvalue weighted by Crippen LogP contribution is 2.32. The minimum Gasteiger partial charge on any atom is -0.271 e. The van der Waals surface area contributed by atoms with E-state index in [9.17, 15) is 0 Å². The highest BCUT2D eigenvalue weighted by molar-refractivity contribution is 9.10. The maximum atomic E-state index is 5.86. The number of rotatable bonds is 3. The Bertz CT molecular complexity index is 781. The lowest BCUT2D eigenvalue weighted by Crippen LogP contribution is -2.29. The molecule has 0 saturated heterocycles. The number of benzene rings is 2. The van der Waals surface area contributed by atoms with Gasteiger partial charge in [0.15, 0.2) is 0 Å². The van der Waals surface area contributed by atoms with Crippen molar-refractivity contribution in [2.75, 3.05) is 0 Å². The summed E-state index contributed by atoms with van der Waals surface area (Å²) in [4.78, 5) is 4.18. The van der Waals surface area contributed by atoms with E-state index in [0.717, 1.165) is 26.4 Å². The second kappa shape index (κ2) is 5.93. The average Bonchev–Trinajstić information content (AvgIpc) is 2.51. The van der Waals surface area contributed by atoms with Gasteiger partial charge in [-0.15, -0.1) is 0 Å². The summed E-state index contributed by atoms with van der Waals surface area (Å²) in [6, 6.07) is 14.4. The Labute approximate surface area is 132 Å². The number of nitrogens with zero attached hydrogens (tertiary/aromatic N) is 1. The number of hydrogen-bond donors (Lipinski definition) is 2. The van der Waals surface area contributed by atoms with Gasteiger partial charge < -0.3 is 0 Å². The van der Waals surface area contributed by atoms with E-state index in [2.05, 4.69) is 63.6 Å². The predicted molar refractivity (Wildman–Crippen MR) is 89.8 cm³/mol. The van der Waals surface area contributed by atoms with Crippen LogP contribution in [-0.4, -0.2) is 4.98 Å². The zero-order valence-corrected chi connectivity index (χ0v) is 13.3. The fourth-order valence-electron chi connectivity index (χ4n) is 2.63. The number of hydrogen-bond acceptors (Lipinski definition) is 3. The van der Waals surface area contributed by atoms with Gasteiger partial charge in [-0.25, -0.2) is 5.43 Å². The van der Waals surface area contributed by atoms with E-state index in [0.29, 0.717) is 0 Å². The lowest BCUT2D eigenvalue weighted by atomic mass is 9.94. The molecule has 1 heterocycles. The van der Waals surface area contributed by atoms with Gasteiger partial charge in [-0.2, -0.15) is 0 Å². The third-order valence-electron chi connectivity index (χ3n) is 3.65. The molecule has 0 amide bonds. The van der Waals surface area contributed by atoms with Crippen LogP contribution in [0.15, 0.2) is 59.3 Å². The summed E-state index contributed by atoms with van der Waals surface area (Å²) in [6.07, 6.45) is 3.68. The molecule has 1 atom stereocenters. The van der Waals surface area contributed by atoms with E-state index in [4.69, 9.17) is 5.84 Å². The molecule has 0 saturated carbocycles. The van der Waals surface area contributed by atoms with Gasteiger partial charge in [0.1, 0.15) is 0 Å². The molecule has 0 fully saturated rings. The molecule has 0 radical (unpaired) electrons. The number of halogens is 1. The molecule has 0 aliphatic rings. The minimum atomic E-state index is -0.0784. The number of aryl methyl sites for hydroxylation is 1. The standard InChI is InChI=1S/C17H16BrN3/c1-11-5-6-16(18)15(9-11)17(21-19)14-4-2-3-12-10-20-8-7-13(12)14/h2-10,17,21H,19H2,1H3. The second-order valence-corrected chi connectivity index (χ2v) is 5.92. The van der Waals surface area contributed by atoms with E-state index >= 15 is 0 Å². The molecule has 4 heteroatoms. The number of nitrogens with one attached hydrogen (secondary N) is 1. The van der Waals surface area contributed by atoms with E-state index in [1.807, 2.05) is 24.5 Å².